The Morgan fingerprint density at radius 1 is 1.27 bits per heavy atom. The minimum absolute atomic E-state index is 0.130. The van der Waals surface area contributed by atoms with E-state index < -0.39 is 10.0 Å². The molecule has 2 aromatic rings. The van der Waals surface area contributed by atoms with Crippen molar-refractivity contribution in [1.82, 2.24) is 4.31 Å². The molecular weight excluding hydrogens is 456 g/mol. The Balaban J connectivity index is 1.68. The Bertz CT molecular complexity index is 881. The number of hydrogen-bond acceptors (Lipinski definition) is 5. The van der Waals surface area contributed by atoms with Gasteiger partial charge in [-0.2, -0.15) is 4.31 Å². The van der Waals surface area contributed by atoms with Gasteiger partial charge in [-0.15, -0.1) is 23.1 Å². The molecule has 0 aliphatic carbocycles. The molecule has 140 valence electrons. The van der Waals surface area contributed by atoms with Crippen LogP contribution in [0, 0.1) is 5.92 Å². The van der Waals surface area contributed by atoms with Crippen molar-refractivity contribution in [2.75, 3.05) is 24.7 Å². The average molecular weight is 475 g/mol. The van der Waals surface area contributed by atoms with E-state index in [9.17, 15) is 13.2 Å². The number of halogens is 1. The molecule has 1 saturated heterocycles. The van der Waals surface area contributed by atoms with Crippen molar-refractivity contribution in [3.63, 3.8) is 0 Å². The van der Waals surface area contributed by atoms with Crippen LogP contribution in [0.4, 0.5) is 5.69 Å². The zero-order valence-electron chi connectivity index (χ0n) is 14.1. The van der Waals surface area contributed by atoms with Gasteiger partial charge in [0.25, 0.3) is 10.0 Å². The number of benzene rings is 1. The number of thioether (sulfide) groups is 1. The fraction of sp³-hybridized carbons (Fsp3) is 0.353. The van der Waals surface area contributed by atoms with Crippen molar-refractivity contribution >= 4 is 60.6 Å². The van der Waals surface area contributed by atoms with Gasteiger partial charge in [-0.25, -0.2) is 8.42 Å². The van der Waals surface area contributed by atoms with Crippen LogP contribution in [-0.2, 0) is 14.8 Å². The number of thiophene rings is 1. The smallest absolute Gasteiger partial charge is 0.252 e. The lowest BCUT2D eigenvalue weighted by molar-refractivity contribution is -0.120. The number of sulfonamides is 1. The fourth-order valence-corrected chi connectivity index (χ4v) is 6.95. The van der Waals surface area contributed by atoms with Crippen molar-refractivity contribution in [2.45, 2.75) is 21.9 Å². The Morgan fingerprint density at radius 3 is 2.62 bits per heavy atom. The van der Waals surface area contributed by atoms with Crippen molar-refractivity contribution in [3.8, 4) is 0 Å². The third kappa shape index (κ3) is 4.51. The lowest BCUT2D eigenvalue weighted by Crippen LogP contribution is -2.43. The van der Waals surface area contributed by atoms with E-state index in [-0.39, 0.29) is 18.4 Å². The maximum absolute atomic E-state index is 12.8. The highest BCUT2D eigenvalue weighted by atomic mass is 79.9. The zero-order valence-corrected chi connectivity index (χ0v) is 18.2. The third-order valence-corrected chi connectivity index (χ3v) is 8.95. The second-order valence-corrected chi connectivity index (χ2v) is 11.5. The van der Waals surface area contributed by atoms with E-state index in [1.807, 2.05) is 30.5 Å². The van der Waals surface area contributed by atoms with Gasteiger partial charge in [0, 0.05) is 23.7 Å². The molecule has 1 N–H and O–H groups in total. The molecule has 1 aliphatic rings. The maximum atomic E-state index is 12.8. The summed E-state index contributed by atoms with van der Waals surface area (Å²) < 4.78 is 28.1. The number of amides is 1. The molecule has 0 spiro atoms. The van der Waals surface area contributed by atoms with Crippen LogP contribution in [-0.4, -0.2) is 38.0 Å². The number of nitrogens with zero attached hydrogens (tertiary/aromatic N) is 1. The van der Waals surface area contributed by atoms with Crippen LogP contribution in [0.1, 0.15) is 12.8 Å². The molecular formula is C17H19BrN2O3S3. The first kappa shape index (κ1) is 19.9. The van der Waals surface area contributed by atoms with Gasteiger partial charge in [-0.05, 0) is 71.4 Å². The highest BCUT2D eigenvalue weighted by Crippen LogP contribution is 2.31. The summed E-state index contributed by atoms with van der Waals surface area (Å²) in [6, 6.07) is 11.0. The molecule has 3 rings (SSSR count). The molecule has 0 bridgehead atoms. The second-order valence-electron chi connectivity index (χ2n) is 5.98. The van der Waals surface area contributed by atoms with Gasteiger partial charge in [0.15, 0.2) is 0 Å². The number of anilines is 1. The van der Waals surface area contributed by atoms with Gasteiger partial charge in [-0.3, -0.25) is 4.79 Å². The first-order valence-electron chi connectivity index (χ1n) is 8.10. The predicted molar refractivity (Wildman–Crippen MR) is 110 cm³/mol. The molecule has 1 aromatic carbocycles. The summed E-state index contributed by atoms with van der Waals surface area (Å²) in [7, 11) is -3.55. The standard InChI is InChI=1S/C17H19BrN2O3S3/c1-24-14-6-4-13(5-7-14)19-17(21)12-3-2-10-20(11-12)26(22,23)16-9-8-15(18)25-16/h4-9,12H,2-3,10-11H2,1H3,(H,19,21). The largest absolute Gasteiger partial charge is 0.326 e. The molecule has 5 nitrogen and oxygen atoms in total. The summed E-state index contributed by atoms with van der Waals surface area (Å²) in [5.74, 6) is -0.476. The Labute approximate surface area is 170 Å². The predicted octanol–water partition coefficient (Wildman–Crippen LogP) is 4.27. The van der Waals surface area contributed by atoms with Crippen molar-refractivity contribution in [3.05, 3.63) is 40.2 Å². The van der Waals surface area contributed by atoms with Crippen LogP contribution in [0.5, 0.6) is 0 Å². The highest BCUT2D eigenvalue weighted by molar-refractivity contribution is 9.11. The van der Waals surface area contributed by atoms with Crippen LogP contribution in [0.3, 0.4) is 0 Å². The van der Waals surface area contributed by atoms with Crippen molar-refractivity contribution in [2.24, 2.45) is 5.92 Å². The quantitative estimate of drug-likeness (QED) is 0.656. The molecule has 1 fully saturated rings. The van der Waals surface area contributed by atoms with Gasteiger partial charge >= 0.3 is 0 Å². The summed E-state index contributed by atoms with van der Waals surface area (Å²) in [6.45, 7) is 0.663. The summed E-state index contributed by atoms with van der Waals surface area (Å²) >= 11 is 6.13. The SMILES string of the molecule is CSc1ccc(NC(=O)C2CCCN(S(=O)(=O)c3ccc(Br)s3)C2)cc1. The van der Waals surface area contributed by atoms with Crippen LogP contribution in [0.2, 0.25) is 0 Å². The van der Waals surface area contributed by atoms with Crippen LogP contribution in [0.15, 0.2) is 49.3 Å². The Hall–Kier alpha value is -0.870. The maximum Gasteiger partial charge on any atom is 0.252 e. The van der Waals surface area contributed by atoms with E-state index in [1.165, 1.54) is 15.6 Å². The van der Waals surface area contributed by atoms with E-state index >= 15 is 0 Å². The van der Waals surface area contributed by atoms with Gasteiger partial charge in [0.2, 0.25) is 5.91 Å². The lowest BCUT2D eigenvalue weighted by atomic mass is 9.99. The first-order valence-corrected chi connectivity index (χ1v) is 12.4. The minimum Gasteiger partial charge on any atom is -0.326 e. The van der Waals surface area contributed by atoms with Crippen LogP contribution in [0.25, 0.3) is 0 Å². The monoisotopic (exact) mass is 474 g/mol. The van der Waals surface area contributed by atoms with E-state index in [4.69, 9.17) is 0 Å². The summed E-state index contributed by atoms with van der Waals surface area (Å²) in [5, 5.41) is 2.90. The number of rotatable bonds is 5. The third-order valence-electron chi connectivity index (χ3n) is 4.26. The second kappa shape index (κ2) is 8.43. The number of hydrogen-bond donors (Lipinski definition) is 1. The summed E-state index contributed by atoms with van der Waals surface area (Å²) in [6.07, 6.45) is 3.36. The van der Waals surface area contributed by atoms with E-state index in [2.05, 4.69) is 21.2 Å². The zero-order chi connectivity index (χ0) is 18.7. The average Bonchev–Trinajstić information content (AvgIpc) is 3.10. The Kier molecular flexibility index (Phi) is 6.45. The molecule has 1 amide bonds. The van der Waals surface area contributed by atoms with Crippen molar-refractivity contribution < 1.29 is 13.2 Å². The van der Waals surface area contributed by atoms with Gasteiger partial charge in [0.05, 0.1) is 9.70 Å². The molecule has 9 heteroatoms. The van der Waals surface area contributed by atoms with E-state index in [0.717, 1.165) is 14.4 Å². The van der Waals surface area contributed by atoms with Crippen LogP contribution >= 0.6 is 39.0 Å². The number of nitrogens with one attached hydrogen (secondary N) is 1. The van der Waals surface area contributed by atoms with E-state index in [1.54, 1.807) is 23.9 Å². The van der Waals surface area contributed by atoms with Gasteiger partial charge in [-0.1, -0.05) is 0 Å². The number of piperidine rings is 1. The normalized spacial score (nSPS) is 18.6. The highest BCUT2D eigenvalue weighted by Gasteiger charge is 2.34. The van der Waals surface area contributed by atoms with Gasteiger partial charge < -0.3 is 5.32 Å². The molecule has 1 aliphatic heterocycles. The number of carbonyl (C=O) groups is 1. The Morgan fingerprint density at radius 2 is 2.00 bits per heavy atom. The first-order chi connectivity index (χ1) is 12.4. The molecule has 2 heterocycles. The molecule has 0 saturated carbocycles. The molecule has 1 unspecified atom stereocenters. The molecule has 26 heavy (non-hydrogen) atoms. The topological polar surface area (TPSA) is 66.5 Å². The van der Waals surface area contributed by atoms with E-state index in [0.29, 0.717) is 23.6 Å². The fourth-order valence-electron chi connectivity index (χ4n) is 2.86. The van der Waals surface area contributed by atoms with Crippen molar-refractivity contribution in [1.29, 1.82) is 0 Å². The number of carbonyl (C=O) groups excluding carboxylic acids is 1. The molecule has 0 radical (unpaired) electrons. The summed E-state index contributed by atoms with van der Waals surface area (Å²) in [4.78, 5) is 13.7. The minimum atomic E-state index is -3.55. The lowest BCUT2D eigenvalue weighted by Gasteiger charge is -2.30. The van der Waals surface area contributed by atoms with Crippen LogP contribution < -0.4 is 5.32 Å². The van der Waals surface area contributed by atoms with Gasteiger partial charge in [0.1, 0.15) is 4.21 Å². The summed E-state index contributed by atoms with van der Waals surface area (Å²) in [5.41, 5.74) is 0.731. The molecule has 1 aromatic heterocycles. The molecule has 1 atom stereocenters.